The van der Waals surface area contributed by atoms with E-state index in [1.54, 1.807) is 6.08 Å². The van der Waals surface area contributed by atoms with Crippen LogP contribution in [0.2, 0.25) is 0 Å². The summed E-state index contributed by atoms with van der Waals surface area (Å²) in [4.78, 5) is 21.3. The van der Waals surface area contributed by atoms with Crippen LogP contribution in [0, 0.1) is 0 Å². The molecule has 1 saturated heterocycles. The molecule has 2 bridgehead atoms. The van der Waals surface area contributed by atoms with Gasteiger partial charge in [-0.05, 0) is 43.3 Å². The Labute approximate surface area is 246 Å². The number of hydroxylamine groups is 2. The van der Waals surface area contributed by atoms with Crippen LogP contribution in [0.25, 0.3) is 5.57 Å². The van der Waals surface area contributed by atoms with Gasteiger partial charge >= 0.3 is 6.03 Å². The molecule has 0 saturated carbocycles. The van der Waals surface area contributed by atoms with Crippen LogP contribution >= 0.6 is 7.26 Å². The van der Waals surface area contributed by atoms with E-state index in [0.717, 1.165) is 0 Å². The number of fused-ring (bicyclic) bond motifs is 2. The van der Waals surface area contributed by atoms with Gasteiger partial charge in [0.05, 0.1) is 24.3 Å². The van der Waals surface area contributed by atoms with E-state index in [2.05, 4.69) is 124 Å². The zero-order valence-electron chi connectivity index (χ0n) is 22.8. The quantitative estimate of drug-likeness (QED) is 0.180. The molecular formula is C31H29N4O5PS. The van der Waals surface area contributed by atoms with Crippen molar-refractivity contribution in [3.05, 3.63) is 133 Å². The molecule has 3 aromatic carbocycles. The number of allylic oxidation sites excluding steroid dienone is 1. The first-order chi connectivity index (χ1) is 20.3. The van der Waals surface area contributed by atoms with Gasteiger partial charge in [-0.2, -0.15) is 9.35 Å². The molecule has 42 heavy (non-hydrogen) atoms. The van der Waals surface area contributed by atoms with Gasteiger partial charge < -0.3 is 9.45 Å². The van der Waals surface area contributed by atoms with Crippen molar-refractivity contribution in [3.8, 4) is 0 Å². The molecule has 0 spiro atoms. The number of urea groups is 1. The molecule has 1 atom stereocenters. The van der Waals surface area contributed by atoms with E-state index >= 15 is 0 Å². The summed E-state index contributed by atoms with van der Waals surface area (Å²) in [6.07, 6.45) is 8.40. The summed E-state index contributed by atoms with van der Waals surface area (Å²) in [7, 11) is -6.75. The van der Waals surface area contributed by atoms with E-state index < -0.39 is 29.7 Å². The third kappa shape index (κ3) is 6.17. The Morgan fingerprint density at radius 2 is 1.45 bits per heavy atom. The fraction of sp³-hybridized carbons (Fsp3) is 0.129. The lowest BCUT2D eigenvalue weighted by Gasteiger charge is -2.24. The molecule has 11 heteroatoms. The number of carbonyl (C=O) groups excluding carboxylic acids is 1. The second-order valence-corrected chi connectivity index (χ2v) is 13.7. The fourth-order valence-electron chi connectivity index (χ4n) is 5.18. The largest absolute Gasteiger partial charge is 0.724 e. The standard InChI is InChI=1S/C21H20P.C10H10N4O5S/c1-2-18-22(19-12-6-3-7-13-19,20-14-8-4-9-15-20)21-16-10-5-11-17-21;15-10-13-4-1-7(8-5-11-2-3-12-8)9(6-13)14(10)19-20(16,17)18/h2-18H,1H3;1-3,5,9H,4,6H2,(H,16,17,18)/q+1;/p-1/b18-2-;. The number of benzene rings is 3. The van der Waals surface area contributed by atoms with Crippen molar-refractivity contribution < 1.29 is 22.0 Å². The molecule has 6 rings (SSSR count). The molecule has 1 unspecified atom stereocenters. The molecule has 4 aromatic rings. The van der Waals surface area contributed by atoms with Gasteiger partial charge in [-0.1, -0.05) is 66.7 Å². The van der Waals surface area contributed by atoms with E-state index in [1.165, 1.54) is 39.4 Å². The SMILES string of the molecule is C/C=C\[P+](c1ccccc1)(c1ccccc1)c1ccccc1.O=C1N2CC=C(c3cnccn3)C(C2)N1OS(=O)(=O)[O-]. The van der Waals surface area contributed by atoms with Gasteiger partial charge in [0.2, 0.25) is 10.4 Å². The molecule has 3 heterocycles. The van der Waals surface area contributed by atoms with Crippen LogP contribution in [-0.2, 0) is 14.7 Å². The minimum atomic E-state index is -5.02. The summed E-state index contributed by atoms with van der Waals surface area (Å²) in [5, 5.41) is 4.76. The van der Waals surface area contributed by atoms with E-state index in [1.807, 2.05) is 0 Å². The summed E-state index contributed by atoms with van der Waals surface area (Å²) in [6.45, 7) is 2.64. The number of nitrogens with zero attached hydrogens (tertiary/aromatic N) is 4. The second-order valence-electron chi connectivity index (χ2n) is 9.47. The Morgan fingerprint density at radius 1 is 0.905 bits per heavy atom. The molecular weight excluding hydrogens is 571 g/mol. The third-order valence-corrected chi connectivity index (χ3v) is 11.3. The number of hydrogen-bond acceptors (Lipinski definition) is 7. The maximum atomic E-state index is 11.9. The topological polar surface area (TPSA) is 116 Å². The van der Waals surface area contributed by atoms with E-state index in [9.17, 15) is 17.8 Å². The number of aromatic nitrogens is 2. The minimum absolute atomic E-state index is 0.233. The fourth-order valence-corrected chi connectivity index (χ4v) is 9.33. The predicted octanol–water partition coefficient (Wildman–Crippen LogP) is 3.89. The van der Waals surface area contributed by atoms with Crippen LogP contribution < -0.4 is 15.9 Å². The molecule has 2 aliphatic heterocycles. The average molecular weight is 601 g/mol. The number of hydrogen-bond donors (Lipinski definition) is 0. The summed E-state index contributed by atoms with van der Waals surface area (Å²) >= 11 is 0. The Balaban J connectivity index is 0.000000169. The summed E-state index contributed by atoms with van der Waals surface area (Å²) in [5.74, 6) is 2.41. The number of rotatable bonds is 7. The normalized spacial score (nSPS) is 16.7. The molecule has 0 N–H and O–H groups in total. The molecule has 214 valence electrons. The van der Waals surface area contributed by atoms with E-state index in [4.69, 9.17) is 0 Å². The Kier molecular flexibility index (Phi) is 8.89. The van der Waals surface area contributed by atoms with Crippen LogP contribution in [0.3, 0.4) is 0 Å². The van der Waals surface area contributed by atoms with Gasteiger partial charge in [0.25, 0.3) is 0 Å². The highest BCUT2D eigenvalue weighted by molar-refractivity contribution is 7.98. The minimum Gasteiger partial charge on any atom is -0.724 e. The predicted molar refractivity (Wildman–Crippen MR) is 163 cm³/mol. The van der Waals surface area contributed by atoms with Gasteiger partial charge in [0, 0.05) is 24.5 Å². The van der Waals surface area contributed by atoms with Crippen LogP contribution in [-0.4, -0.2) is 58.1 Å². The average Bonchev–Trinajstić information content (AvgIpc) is 3.25. The highest BCUT2D eigenvalue weighted by Crippen LogP contribution is 2.56. The van der Waals surface area contributed by atoms with Crippen molar-refractivity contribution in [3.63, 3.8) is 0 Å². The highest BCUT2D eigenvalue weighted by atomic mass is 32.3. The lowest BCUT2D eigenvalue weighted by Crippen LogP contribution is -2.36. The van der Waals surface area contributed by atoms with E-state index in [0.29, 0.717) is 22.9 Å². The summed E-state index contributed by atoms with van der Waals surface area (Å²) < 4.78 is 36.4. The van der Waals surface area contributed by atoms with Crippen LogP contribution in [0.4, 0.5) is 4.79 Å². The molecule has 0 radical (unpaired) electrons. The molecule has 0 aliphatic carbocycles. The smallest absolute Gasteiger partial charge is 0.346 e. The van der Waals surface area contributed by atoms with Gasteiger partial charge in [0.15, 0.2) is 0 Å². The first-order valence-electron chi connectivity index (χ1n) is 13.2. The molecule has 2 amide bonds. The van der Waals surface area contributed by atoms with Gasteiger partial charge in [-0.3, -0.25) is 9.97 Å². The number of carbonyl (C=O) groups is 1. The third-order valence-electron chi connectivity index (χ3n) is 6.92. The summed E-state index contributed by atoms with van der Waals surface area (Å²) in [6, 6.07) is 31.3. The van der Waals surface area contributed by atoms with Crippen molar-refractivity contribution in [2.24, 2.45) is 0 Å². The first-order valence-corrected chi connectivity index (χ1v) is 16.4. The molecule has 9 nitrogen and oxygen atoms in total. The maximum absolute atomic E-state index is 11.9. The zero-order chi connectivity index (χ0) is 29.6. The van der Waals surface area contributed by atoms with Gasteiger partial charge in [-0.25, -0.2) is 13.2 Å². The van der Waals surface area contributed by atoms with Crippen molar-refractivity contribution in [2.75, 3.05) is 13.1 Å². The maximum Gasteiger partial charge on any atom is 0.346 e. The highest BCUT2D eigenvalue weighted by Gasteiger charge is 2.45. The number of amides is 2. The Hall–Kier alpha value is -4.21. The van der Waals surface area contributed by atoms with Crippen molar-refractivity contribution in [1.82, 2.24) is 19.9 Å². The lowest BCUT2D eigenvalue weighted by molar-refractivity contribution is -0.0172. The van der Waals surface area contributed by atoms with Crippen molar-refractivity contribution >= 4 is 45.2 Å². The van der Waals surface area contributed by atoms with Crippen LogP contribution in [0.1, 0.15) is 12.6 Å². The molecule has 1 fully saturated rings. The lowest BCUT2D eigenvalue weighted by atomic mass is 10.0. The zero-order valence-corrected chi connectivity index (χ0v) is 24.5. The van der Waals surface area contributed by atoms with Crippen LogP contribution in [0.5, 0.6) is 0 Å². The second kappa shape index (κ2) is 12.8. The monoisotopic (exact) mass is 600 g/mol. The Morgan fingerprint density at radius 3 is 1.90 bits per heavy atom. The Bertz CT molecular complexity index is 1580. The summed E-state index contributed by atoms with van der Waals surface area (Å²) in [5.41, 5.74) is 1.10. The van der Waals surface area contributed by atoms with Crippen LogP contribution in [0.15, 0.2) is 128 Å². The molecule has 1 aromatic heterocycles. The van der Waals surface area contributed by atoms with E-state index in [-0.39, 0.29) is 6.54 Å². The first kappa shape index (κ1) is 29.3. The van der Waals surface area contributed by atoms with Crippen molar-refractivity contribution in [2.45, 2.75) is 13.0 Å². The van der Waals surface area contributed by atoms with Gasteiger partial charge in [-0.15, -0.1) is 0 Å². The molecule has 2 aliphatic rings. The van der Waals surface area contributed by atoms with Gasteiger partial charge in [0.1, 0.15) is 29.2 Å². The van der Waals surface area contributed by atoms with Crippen molar-refractivity contribution in [1.29, 1.82) is 0 Å².